The third-order valence-corrected chi connectivity index (χ3v) is 3.35. The molecule has 0 unspecified atom stereocenters. The second-order valence-electron chi connectivity index (χ2n) is 5.72. The van der Waals surface area contributed by atoms with E-state index in [1.54, 1.807) is 0 Å². The van der Waals surface area contributed by atoms with Gasteiger partial charge in [0.15, 0.2) is 0 Å². The molecule has 0 radical (unpaired) electrons. The molecule has 0 aliphatic heterocycles. The highest BCUT2D eigenvalue weighted by molar-refractivity contribution is 6.02. The van der Waals surface area contributed by atoms with Gasteiger partial charge in [-0.3, -0.25) is 4.79 Å². The summed E-state index contributed by atoms with van der Waals surface area (Å²) in [5, 5.41) is 12.3. The van der Waals surface area contributed by atoms with Gasteiger partial charge in [0, 0.05) is 5.57 Å². The smallest absolute Gasteiger partial charge is 0.252 e. The summed E-state index contributed by atoms with van der Waals surface area (Å²) in [4.78, 5) is 12.2. The minimum Gasteiger partial charge on any atom is -0.394 e. The molecule has 2 N–H and O–H groups in total. The first-order chi connectivity index (χ1) is 8.43. The molecular formula is C15H19NO2. The highest BCUT2D eigenvalue weighted by Gasteiger charge is 2.29. The summed E-state index contributed by atoms with van der Waals surface area (Å²) in [6.07, 6.45) is 9.63. The maximum atomic E-state index is 12.2. The number of hydrogen-bond acceptors (Lipinski definition) is 2. The molecule has 3 heteroatoms. The van der Waals surface area contributed by atoms with Gasteiger partial charge in [0.2, 0.25) is 0 Å². The molecule has 0 fully saturated rings. The van der Waals surface area contributed by atoms with E-state index in [0.29, 0.717) is 5.57 Å². The zero-order valence-corrected chi connectivity index (χ0v) is 11.0. The van der Waals surface area contributed by atoms with Gasteiger partial charge in [-0.05, 0) is 22.6 Å². The van der Waals surface area contributed by atoms with Crippen molar-refractivity contribution in [2.75, 3.05) is 6.61 Å². The van der Waals surface area contributed by atoms with Crippen LogP contribution in [0.25, 0.3) is 0 Å². The molecule has 3 nitrogen and oxygen atoms in total. The van der Waals surface area contributed by atoms with E-state index in [4.69, 9.17) is 0 Å². The Morgan fingerprint density at radius 3 is 2.67 bits per heavy atom. The van der Waals surface area contributed by atoms with Gasteiger partial charge in [-0.1, -0.05) is 45.1 Å². The lowest BCUT2D eigenvalue weighted by Gasteiger charge is -2.30. The van der Waals surface area contributed by atoms with E-state index < -0.39 is 0 Å². The number of amides is 1. The van der Waals surface area contributed by atoms with Crippen LogP contribution in [0.4, 0.5) is 0 Å². The maximum absolute atomic E-state index is 12.2. The molecule has 18 heavy (non-hydrogen) atoms. The number of allylic oxidation sites excluding steroid dienone is 6. The molecule has 0 spiro atoms. The predicted molar refractivity (Wildman–Crippen MR) is 71.9 cm³/mol. The quantitative estimate of drug-likeness (QED) is 0.797. The summed E-state index contributed by atoms with van der Waals surface area (Å²) in [7, 11) is 0. The predicted octanol–water partition coefficient (Wildman–Crippen LogP) is 1.87. The van der Waals surface area contributed by atoms with Crippen LogP contribution in [0.1, 0.15) is 20.8 Å². The lowest BCUT2D eigenvalue weighted by atomic mass is 9.87. The Morgan fingerprint density at radius 2 is 2.06 bits per heavy atom. The Kier molecular flexibility index (Phi) is 3.26. The zero-order chi connectivity index (χ0) is 13.3. The first kappa shape index (κ1) is 12.8. The zero-order valence-electron chi connectivity index (χ0n) is 11.0. The minimum atomic E-state index is -0.245. The molecule has 0 aromatic carbocycles. The van der Waals surface area contributed by atoms with Gasteiger partial charge in [-0.2, -0.15) is 0 Å². The molecule has 1 amide bonds. The van der Waals surface area contributed by atoms with Gasteiger partial charge in [-0.15, -0.1) is 0 Å². The van der Waals surface area contributed by atoms with Crippen molar-refractivity contribution in [3.63, 3.8) is 0 Å². The van der Waals surface area contributed by atoms with Crippen molar-refractivity contribution in [3.8, 4) is 0 Å². The fraction of sp³-hybridized carbons (Fsp3) is 0.400. The van der Waals surface area contributed by atoms with Crippen LogP contribution in [0.15, 0.2) is 47.1 Å². The van der Waals surface area contributed by atoms with Crippen molar-refractivity contribution >= 4 is 5.91 Å². The summed E-state index contributed by atoms with van der Waals surface area (Å²) in [5.41, 5.74) is 2.56. The fourth-order valence-electron chi connectivity index (χ4n) is 2.06. The van der Waals surface area contributed by atoms with Crippen LogP contribution >= 0.6 is 0 Å². The average Bonchev–Trinajstić information content (AvgIpc) is 2.84. The molecule has 0 saturated heterocycles. The summed E-state index contributed by atoms with van der Waals surface area (Å²) >= 11 is 0. The number of hydrogen-bond donors (Lipinski definition) is 2. The van der Waals surface area contributed by atoms with E-state index >= 15 is 0 Å². The van der Waals surface area contributed by atoms with E-state index in [9.17, 15) is 9.90 Å². The molecule has 0 aromatic rings. The van der Waals surface area contributed by atoms with Gasteiger partial charge in [-0.25, -0.2) is 0 Å². The van der Waals surface area contributed by atoms with Crippen molar-refractivity contribution < 1.29 is 9.90 Å². The molecular weight excluding hydrogens is 226 g/mol. The normalized spacial score (nSPS) is 19.0. The van der Waals surface area contributed by atoms with Crippen LogP contribution in [0.5, 0.6) is 0 Å². The van der Waals surface area contributed by atoms with Gasteiger partial charge in [0.05, 0.1) is 12.6 Å². The highest BCUT2D eigenvalue weighted by Crippen LogP contribution is 2.31. The summed E-state index contributed by atoms with van der Waals surface area (Å²) in [5.74, 6) is -0.120. The molecule has 2 aliphatic carbocycles. The Balaban J connectivity index is 2.06. The molecule has 0 heterocycles. The van der Waals surface area contributed by atoms with Crippen molar-refractivity contribution in [2.24, 2.45) is 5.41 Å². The van der Waals surface area contributed by atoms with Crippen LogP contribution in [-0.4, -0.2) is 23.7 Å². The van der Waals surface area contributed by atoms with Crippen molar-refractivity contribution in [1.29, 1.82) is 0 Å². The second-order valence-corrected chi connectivity index (χ2v) is 5.72. The maximum Gasteiger partial charge on any atom is 0.252 e. The highest BCUT2D eigenvalue weighted by atomic mass is 16.3. The van der Waals surface area contributed by atoms with E-state index in [1.165, 1.54) is 0 Å². The third kappa shape index (κ3) is 2.31. The number of carbonyl (C=O) groups excluding carboxylic acids is 1. The van der Waals surface area contributed by atoms with Crippen LogP contribution < -0.4 is 5.32 Å². The van der Waals surface area contributed by atoms with Gasteiger partial charge in [0.1, 0.15) is 0 Å². The Labute approximate surface area is 108 Å². The average molecular weight is 245 g/mol. The lowest BCUT2D eigenvalue weighted by molar-refractivity contribution is -0.119. The topological polar surface area (TPSA) is 49.3 Å². The van der Waals surface area contributed by atoms with E-state index in [-0.39, 0.29) is 24.0 Å². The van der Waals surface area contributed by atoms with Crippen molar-refractivity contribution in [3.05, 3.63) is 47.1 Å². The fourth-order valence-corrected chi connectivity index (χ4v) is 2.06. The van der Waals surface area contributed by atoms with Crippen LogP contribution in [-0.2, 0) is 4.79 Å². The summed E-state index contributed by atoms with van der Waals surface area (Å²) in [6.45, 7) is 5.94. The number of rotatable bonds is 3. The molecule has 2 aliphatic rings. The summed E-state index contributed by atoms with van der Waals surface area (Å²) in [6, 6.07) is -0.245. The monoisotopic (exact) mass is 245 g/mol. The SMILES string of the molecule is CC(C)(C)[C@@H](CO)NC(=O)C1=CC=C2C=CC=C21. The van der Waals surface area contributed by atoms with Gasteiger partial charge < -0.3 is 10.4 Å². The Bertz CT molecular complexity index is 487. The number of fused-ring (bicyclic) bond motifs is 1. The van der Waals surface area contributed by atoms with E-state index in [0.717, 1.165) is 11.1 Å². The van der Waals surface area contributed by atoms with Crippen LogP contribution in [0.3, 0.4) is 0 Å². The van der Waals surface area contributed by atoms with E-state index in [2.05, 4.69) is 5.32 Å². The molecule has 2 rings (SSSR count). The molecule has 0 aromatic heterocycles. The van der Waals surface area contributed by atoms with Crippen LogP contribution in [0, 0.1) is 5.41 Å². The van der Waals surface area contributed by atoms with Crippen LogP contribution in [0.2, 0.25) is 0 Å². The van der Waals surface area contributed by atoms with Crippen molar-refractivity contribution in [2.45, 2.75) is 26.8 Å². The first-order valence-electron chi connectivity index (χ1n) is 6.16. The molecule has 1 atom stereocenters. The van der Waals surface area contributed by atoms with Gasteiger partial charge >= 0.3 is 0 Å². The lowest BCUT2D eigenvalue weighted by Crippen LogP contribution is -2.46. The Hall–Kier alpha value is -1.61. The summed E-state index contributed by atoms with van der Waals surface area (Å²) < 4.78 is 0. The third-order valence-electron chi connectivity index (χ3n) is 3.35. The number of aliphatic hydroxyl groups excluding tert-OH is 1. The number of aliphatic hydroxyl groups is 1. The molecule has 0 saturated carbocycles. The first-order valence-corrected chi connectivity index (χ1v) is 6.16. The molecule has 96 valence electrons. The second kappa shape index (κ2) is 4.58. The standard InChI is InChI=1S/C15H19NO2/c1-15(2,3)13(9-17)16-14(18)12-8-7-10-5-4-6-11(10)12/h4-8,13,17H,9H2,1-3H3,(H,16,18)/t13-/m1/s1. The minimum absolute atomic E-state index is 0.0555. The Morgan fingerprint density at radius 1 is 1.33 bits per heavy atom. The van der Waals surface area contributed by atoms with Gasteiger partial charge in [0.25, 0.3) is 5.91 Å². The molecule has 0 bridgehead atoms. The van der Waals surface area contributed by atoms with E-state index in [1.807, 2.05) is 51.2 Å². The number of carbonyl (C=O) groups is 1. The largest absolute Gasteiger partial charge is 0.394 e. The van der Waals surface area contributed by atoms with Crippen molar-refractivity contribution in [1.82, 2.24) is 5.32 Å². The number of nitrogens with one attached hydrogen (secondary N) is 1.